The number of aliphatic hydroxyl groups is 1. The average Bonchev–Trinajstić information content (AvgIpc) is 2.47. The number of piperidine rings is 1. The second-order valence-electron chi connectivity index (χ2n) is 5.84. The van der Waals surface area contributed by atoms with E-state index in [1.807, 2.05) is 38.1 Å². The zero-order valence-electron chi connectivity index (χ0n) is 12.8. The number of benzene rings is 1. The topological polar surface area (TPSA) is 52.6 Å². The van der Waals surface area contributed by atoms with Crippen LogP contribution in [0.5, 0.6) is 0 Å². The minimum absolute atomic E-state index is 0.0901. The molecule has 0 saturated carbocycles. The van der Waals surface area contributed by atoms with Gasteiger partial charge in [-0.25, -0.2) is 0 Å². The van der Waals surface area contributed by atoms with Gasteiger partial charge >= 0.3 is 0 Å². The minimum atomic E-state index is -0.0901. The first-order valence-corrected chi connectivity index (χ1v) is 7.51. The standard InChI is InChI=1S/C17H24N2O2/c1-13(2)11-17(21)18-15-5-3-4-6-16(15)19-9-7-14(12-20)8-10-19/h3-6,11,14,20H,7-10,12H2,1-2H3,(H,18,21). The van der Waals surface area contributed by atoms with Crippen LogP contribution in [0.3, 0.4) is 0 Å². The summed E-state index contributed by atoms with van der Waals surface area (Å²) in [4.78, 5) is 14.2. The molecule has 1 aliphatic heterocycles. The first-order valence-electron chi connectivity index (χ1n) is 7.51. The molecule has 4 heteroatoms. The number of hydrogen-bond donors (Lipinski definition) is 2. The van der Waals surface area contributed by atoms with Crippen molar-refractivity contribution in [3.05, 3.63) is 35.9 Å². The predicted molar refractivity (Wildman–Crippen MR) is 86.5 cm³/mol. The van der Waals surface area contributed by atoms with Crippen molar-refractivity contribution in [1.29, 1.82) is 0 Å². The normalized spacial score (nSPS) is 15.7. The van der Waals surface area contributed by atoms with Crippen LogP contribution in [0.1, 0.15) is 26.7 Å². The number of rotatable bonds is 4. The van der Waals surface area contributed by atoms with Gasteiger partial charge in [0.1, 0.15) is 0 Å². The number of amides is 1. The molecule has 0 aromatic heterocycles. The summed E-state index contributed by atoms with van der Waals surface area (Å²) in [7, 11) is 0. The van der Waals surface area contributed by atoms with Gasteiger partial charge in [0.05, 0.1) is 11.4 Å². The Morgan fingerprint density at radius 3 is 2.62 bits per heavy atom. The van der Waals surface area contributed by atoms with E-state index in [1.165, 1.54) is 0 Å². The molecule has 0 radical (unpaired) electrons. The molecular weight excluding hydrogens is 264 g/mol. The van der Waals surface area contributed by atoms with Crippen molar-refractivity contribution in [2.24, 2.45) is 5.92 Å². The molecule has 1 fully saturated rings. The molecule has 0 unspecified atom stereocenters. The van der Waals surface area contributed by atoms with Gasteiger partial charge in [-0.3, -0.25) is 4.79 Å². The number of para-hydroxylation sites is 2. The molecule has 1 aromatic rings. The Morgan fingerprint density at radius 1 is 1.33 bits per heavy atom. The third kappa shape index (κ3) is 4.33. The summed E-state index contributed by atoms with van der Waals surface area (Å²) < 4.78 is 0. The highest BCUT2D eigenvalue weighted by atomic mass is 16.3. The Hall–Kier alpha value is -1.81. The van der Waals surface area contributed by atoms with Crippen molar-refractivity contribution in [3.8, 4) is 0 Å². The van der Waals surface area contributed by atoms with Gasteiger partial charge in [0, 0.05) is 25.8 Å². The number of nitrogens with zero attached hydrogens (tertiary/aromatic N) is 1. The van der Waals surface area contributed by atoms with Gasteiger partial charge in [-0.2, -0.15) is 0 Å². The smallest absolute Gasteiger partial charge is 0.248 e. The van der Waals surface area contributed by atoms with E-state index in [0.717, 1.165) is 42.9 Å². The lowest BCUT2D eigenvalue weighted by Crippen LogP contribution is -2.35. The Balaban J connectivity index is 2.10. The quantitative estimate of drug-likeness (QED) is 0.838. The van der Waals surface area contributed by atoms with Crippen molar-refractivity contribution >= 4 is 17.3 Å². The van der Waals surface area contributed by atoms with E-state index >= 15 is 0 Å². The highest BCUT2D eigenvalue weighted by molar-refractivity contribution is 6.01. The van der Waals surface area contributed by atoms with Gasteiger partial charge in [-0.15, -0.1) is 0 Å². The van der Waals surface area contributed by atoms with Crippen LogP contribution in [0.15, 0.2) is 35.9 Å². The molecule has 1 aliphatic rings. The lowest BCUT2D eigenvalue weighted by Gasteiger charge is -2.34. The fourth-order valence-electron chi connectivity index (χ4n) is 2.64. The highest BCUT2D eigenvalue weighted by Gasteiger charge is 2.20. The van der Waals surface area contributed by atoms with E-state index in [-0.39, 0.29) is 12.5 Å². The van der Waals surface area contributed by atoms with Crippen LogP contribution in [0.4, 0.5) is 11.4 Å². The molecule has 114 valence electrons. The highest BCUT2D eigenvalue weighted by Crippen LogP contribution is 2.29. The van der Waals surface area contributed by atoms with Crippen molar-refractivity contribution < 1.29 is 9.90 Å². The third-order valence-corrected chi connectivity index (χ3v) is 3.80. The lowest BCUT2D eigenvalue weighted by atomic mass is 9.97. The largest absolute Gasteiger partial charge is 0.396 e. The number of nitrogens with one attached hydrogen (secondary N) is 1. The van der Waals surface area contributed by atoms with E-state index in [1.54, 1.807) is 6.08 Å². The van der Waals surface area contributed by atoms with E-state index < -0.39 is 0 Å². The zero-order valence-corrected chi connectivity index (χ0v) is 12.8. The van der Waals surface area contributed by atoms with Crippen LogP contribution in [-0.2, 0) is 4.79 Å². The first-order chi connectivity index (χ1) is 10.1. The summed E-state index contributed by atoms with van der Waals surface area (Å²) in [5.41, 5.74) is 2.89. The number of hydrogen-bond acceptors (Lipinski definition) is 3. The molecule has 1 saturated heterocycles. The summed E-state index contributed by atoms with van der Waals surface area (Å²) in [6.45, 7) is 5.92. The molecule has 4 nitrogen and oxygen atoms in total. The van der Waals surface area contributed by atoms with Crippen LogP contribution < -0.4 is 10.2 Å². The number of anilines is 2. The lowest BCUT2D eigenvalue weighted by molar-refractivity contribution is -0.111. The van der Waals surface area contributed by atoms with Crippen molar-refractivity contribution in [2.75, 3.05) is 29.9 Å². The van der Waals surface area contributed by atoms with Gasteiger partial charge in [-0.1, -0.05) is 17.7 Å². The number of carbonyl (C=O) groups is 1. The molecule has 0 atom stereocenters. The van der Waals surface area contributed by atoms with Crippen molar-refractivity contribution in [3.63, 3.8) is 0 Å². The minimum Gasteiger partial charge on any atom is -0.396 e. The molecule has 2 rings (SSSR count). The SMILES string of the molecule is CC(C)=CC(=O)Nc1ccccc1N1CCC(CO)CC1. The summed E-state index contributed by atoms with van der Waals surface area (Å²) >= 11 is 0. The van der Waals surface area contributed by atoms with Gasteiger partial charge < -0.3 is 15.3 Å². The Morgan fingerprint density at radius 2 is 2.00 bits per heavy atom. The molecule has 0 aliphatic carbocycles. The second kappa shape index (κ2) is 7.27. The first kappa shape index (κ1) is 15.6. The van der Waals surface area contributed by atoms with Crippen LogP contribution in [0, 0.1) is 5.92 Å². The predicted octanol–water partition coefficient (Wildman–Crippen LogP) is 2.80. The van der Waals surface area contributed by atoms with Crippen LogP contribution >= 0.6 is 0 Å². The fourth-order valence-corrected chi connectivity index (χ4v) is 2.64. The molecule has 1 aromatic carbocycles. The van der Waals surface area contributed by atoms with Gasteiger partial charge in [0.25, 0.3) is 0 Å². The number of carbonyl (C=O) groups excluding carboxylic acids is 1. The number of aliphatic hydroxyl groups excluding tert-OH is 1. The Kier molecular flexibility index (Phi) is 5.39. The summed E-state index contributed by atoms with van der Waals surface area (Å²) in [5.74, 6) is 0.321. The molecule has 1 heterocycles. The van der Waals surface area contributed by atoms with E-state index in [0.29, 0.717) is 5.92 Å². The number of allylic oxidation sites excluding steroid dienone is 1. The van der Waals surface area contributed by atoms with Gasteiger partial charge in [0.2, 0.25) is 5.91 Å². The molecule has 1 amide bonds. The fraction of sp³-hybridized carbons (Fsp3) is 0.471. The van der Waals surface area contributed by atoms with Crippen LogP contribution in [-0.4, -0.2) is 30.7 Å². The van der Waals surface area contributed by atoms with E-state index in [9.17, 15) is 9.90 Å². The van der Waals surface area contributed by atoms with E-state index in [2.05, 4.69) is 10.2 Å². The monoisotopic (exact) mass is 288 g/mol. The molecule has 0 spiro atoms. The zero-order chi connectivity index (χ0) is 15.2. The maximum absolute atomic E-state index is 11.9. The molecular formula is C17H24N2O2. The van der Waals surface area contributed by atoms with E-state index in [4.69, 9.17) is 0 Å². The summed E-state index contributed by atoms with van der Waals surface area (Å²) in [5, 5.41) is 12.2. The Labute approximate surface area is 126 Å². The molecule has 21 heavy (non-hydrogen) atoms. The average molecular weight is 288 g/mol. The van der Waals surface area contributed by atoms with Crippen molar-refractivity contribution in [2.45, 2.75) is 26.7 Å². The van der Waals surface area contributed by atoms with Crippen molar-refractivity contribution in [1.82, 2.24) is 0 Å². The maximum Gasteiger partial charge on any atom is 0.248 e. The molecule has 0 bridgehead atoms. The van der Waals surface area contributed by atoms with Crippen LogP contribution in [0.2, 0.25) is 0 Å². The molecule has 2 N–H and O–H groups in total. The van der Waals surface area contributed by atoms with Gasteiger partial charge in [-0.05, 0) is 44.7 Å². The third-order valence-electron chi connectivity index (χ3n) is 3.80. The Bertz CT molecular complexity index is 513. The van der Waals surface area contributed by atoms with Gasteiger partial charge in [0.15, 0.2) is 0 Å². The summed E-state index contributed by atoms with van der Waals surface area (Å²) in [6, 6.07) is 7.90. The second-order valence-corrected chi connectivity index (χ2v) is 5.84. The van der Waals surface area contributed by atoms with Crippen LogP contribution in [0.25, 0.3) is 0 Å². The maximum atomic E-state index is 11.9. The summed E-state index contributed by atoms with van der Waals surface area (Å²) in [6.07, 6.45) is 3.59.